The number of Topliss-reactive ketones (excluding diaryl/α,β-unsaturated/α-hetero) is 1. The second-order valence-electron chi connectivity index (χ2n) is 8.95. The molecule has 2 fully saturated rings. The number of carbonyl (C=O) groups excluding carboxylic acids is 2. The van der Waals surface area contributed by atoms with E-state index in [1.807, 2.05) is 0 Å². The molecular weight excluding hydrogens is 378 g/mol. The van der Waals surface area contributed by atoms with Crippen molar-refractivity contribution in [3.05, 3.63) is 0 Å². The van der Waals surface area contributed by atoms with Crippen molar-refractivity contribution in [2.45, 2.75) is 115 Å². The highest BCUT2D eigenvalue weighted by molar-refractivity contribution is 5.86. The van der Waals surface area contributed by atoms with Crippen LogP contribution in [0.3, 0.4) is 0 Å². The maximum absolute atomic E-state index is 16.2. The summed E-state index contributed by atoms with van der Waals surface area (Å²) in [7, 11) is 0. The number of alkyl halides is 2. The molecule has 2 rings (SSSR count). The Labute approximate surface area is 173 Å². The highest BCUT2D eigenvalue weighted by Crippen LogP contribution is 2.61. The van der Waals surface area contributed by atoms with Crippen LogP contribution in [-0.4, -0.2) is 35.0 Å². The van der Waals surface area contributed by atoms with Gasteiger partial charge in [0.1, 0.15) is 5.78 Å². The minimum absolute atomic E-state index is 0.0418. The van der Waals surface area contributed by atoms with Gasteiger partial charge in [0.05, 0.1) is 6.61 Å². The van der Waals surface area contributed by atoms with Gasteiger partial charge in [-0.2, -0.15) is 0 Å². The van der Waals surface area contributed by atoms with E-state index >= 15 is 8.78 Å². The summed E-state index contributed by atoms with van der Waals surface area (Å²) in [6.45, 7) is 3.61. The lowest BCUT2D eigenvalue weighted by Crippen LogP contribution is -2.64. The molecule has 29 heavy (non-hydrogen) atoms. The van der Waals surface area contributed by atoms with Crippen LogP contribution in [0.25, 0.3) is 0 Å². The third kappa shape index (κ3) is 4.67. The quantitative estimate of drug-likeness (QED) is 0.393. The highest BCUT2D eigenvalue weighted by atomic mass is 19.3. The fraction of sp³-hybridized carbons (Fsp3) is 0.913. The van der Waals surface area contributed by atoms with Gasteiger partial charge < -0.3 is 9.84 Å². The molecule has 0 heterocycles. The normalized spacial score (nSPS) is 32.2. The van der Waals surface area contributed by atoms with Crippen molar-refractivity contribution in [3.63, 3.8) is 0 Å². The Bertz CT molecular complexity index is 565. The zero-order chi connectivity index (χ0) is 21.5. The molecule has 2 aliphatic carbocycles. The molecule has 2 aliphatic rings. The second kappa shape index (κ2) is 10.3. The van der Waals surface area contributed by atoms with Crippen molar-refractivity contribution < 1.29 is 28.2 Å². The summed E-state index contributed by atoms with van der Waals surface area (Å²) >= 11 is 0. The van der Waals surface area contributed by atoms with Gasteiger partial charge in [0, 0.05) is 17.8 Å². The minimum Gasteiger partial charge on any atom is -0.464 e. The Morgan fingerprint density at radius 1 is 1.07 bits per heavy atom. The number of fused-ring (bicyclic) bond motifs is 1. The number of aliphatic hydroxyl groups is 1. The molecule has 3 atom stereocenters. The van der Waals surface area contributed by atoms with Gasteiger partial charge in [0.15, 0.2) is 0 Å². The monoisotopic (exact) mass is 416 g/mol. The van der Waals surface area contributed by atoms with E-state index in [-0.39, 0.29) is 38.1 Å². The van der Waals surface area contributed by atoms with E-state index in [1.54, 1.807) is 6.92 Å². The van der Waals surface area contributed by atoms with Gasteiger partial charge in [0.2, 0.25) is 5.60 Å². The molecule has 0 saturated heterocycles. The zero-order valence-electron chi connectivity index (χ0n) is 18.1. The first-order chi connectivity index (χ1) is 13.8. The van der Waals surface area contributed by atoms with E-state index in [2.05, 4.69) is 6.92 Å². The topological polar surface area (TPSA) is 63.6 Å². The van der Waals surface area contributed by atoms with Gasteiger partial charge in [0.25, 0.3) is 5.92 Å². The number of unbranched alkanes of at least 4 members (excludes halogenated alkanes) is 5. The van der Waals surface area contributed by atoms with Crippen molar-refractivity contribution in [1.29, 1.82) is 0 Å². The first-order valence-corrected chi connectivity index (χ1v) is 11.6. The van der Waals surface area contributed by atoms with E-state index in [9.17, 15) is 14.7 Å². The molecule has 0 aromatic carbocycles. The predicted octanol–water partition coefficient (Wildman–Crippen LogP) is 5.60. The van der Waals surface area contributed by atoms with Crippen molar-refractivity contribution in [3.8, 4) is 0 Å². The molecule has 1 unspecified atom stereocenters. The van der Waals surface area contributed by atoms with Crippen molar-refractivity contribution in [2.24, 2.45) is 11.3 Å². The number of esters is 1. The van der Waals surface area contributed by atoms with E-state index < -0.39 is 28.8 Å². The second-order valence-corrected chi connectivity index (χ2v) is 8.95. The predicted molar refractivity (Wildman–Crippen MR) is 108 cm³/mol. The molecule has 4 nitrogen and oxygen atoms in total. The first kappa shape index (κ1) is 24.2. The molecule has 6 heteroatoms. The summed E-state index contributed by atoms with van der Waals surface area (Å²) < 4.78 is 37.2. The van der Waals surface area contributed by atoms with Gasteiger partial charge >= 0.3 is 5.97 Å². The summed E-state index contributed by atoms with van der Waals surface area (Å²) in [4.78, 5) is 25.2. The Morgan fingerprint density at radius 2 is 1.76 bits per heavy atom. The molecule has 168 valence electrons. The van der Waals surface area contributed by atoms with Gasteiger partial charge in [-0.05, 0) is 39.0 Å². The lowest BCUT2D eigenvalue weighted by molar-refractivity contribution is -0.263. The average molecular weight is 417 g/mol. The van der Waals surface area contributed by atoms with Crippen LogP contribution in [0.2, 0.25) is 0 Å². The molecule has 0 aromatic heterocycles. The Kier molecular flexibility index (Phi) is 8.62. The van der Waals surface area contributed by atoms with Gasteiger partial charge in [-0.15, -0.1) is 0 Å². The van der Waals surface area contributed by atoms with E-state index in [4.69, 9.17) is 4.74 Å². The largest absolute Gasteiger partial charge is 0.464 e. The molecular formula is C23H38F2O4. The summed E-state index contributed by atoms with van der Waals surface area (Å²) in [6.07, 6.45) is 7.75. The number of hydrogen-bond acceptors (Lipinski definition) is 4. The van der Waals surface area contributed by atoms with Crippen LogP contribution in [0, 0.1) is 11.3 Å². The lowest BCUT2D eigenvalue weighted by atomic mass is 9.62. The number of carbonyl (C=O) groups is 2. The third-order valence-corrected chi connectivity index (χ3v) is 7.14. The highest BCUT2D eigenvalue weighted by Gasteiger charge is 2.72. The van der Waals surface area contributed by atoms with E-state index in [0.717, 1.165) is 32.1 Å². The van der Waals surface area contributed by atoms with Crippen LogP contribution in [-0.2, 0) is 14.3 Å². The Morgan fingerprint density at radius 3 is 2.45 bits per heavy atom. The maximum Gasteiger partial charge on any atom is 0.344 e. The maximum atomic E-state index is 16.2. The standard InChI is InChI=1S/C23H38F2O4/c1-3-5-6-7-8-11-15-21-17-14-19(26)18(21)13-10-9-12-16-22(28,23(21,24)25)20(27)29-4-2/h18,28H,3-17H2,1-2H3/t18-,21+,22?/m0/s1. The number of ketones is 1. The fourth-order valence-corrected chi connectivity index (χ4v) is 5.45. The number of hydrogen-bond donors (Lipinski definition) is 1. The van der Waals surface area contributed by atoms with Gasteiger partial charge in [-0.1, -0.05) is 58.3 Å². The van der Waals surface area contributed by atoms with Crippen molar-refractivity contribution in [1.82, 2.24) is 0 Å². The summed E-state index contributed by atoms with van der Waals surface area (Å²) in [5.41, 5.74) is -4.51. The molecule has 2 saturated carbocycles. The first-order valence-electron chi connectivity index (χ1n) is 11.6. The van der Waals surface area contributed by atoms with Crippen LogP contribution in [0.1, 0.15) is 104 Å². The average Bonchev–Trinajstić information content (AvgIpc) is 3.02. The minimum atomic E-state index is -3.70. The number of ether oxygens (including phenoxy) is 1. The number of rotatable bonds is 9. The molecule has 0 bridgehead atoms. The fourth-order valence-electron chi connectivity index (χ4n) is 5.45. The smallest absolute Gasteiger partial charge is 0.344 e. The molecule has 0 aromatic rings. The van der Waals surface area contributed by atoms with Crippen LogP contribution in [0.15, 0.2) is 0 Å². The van der Waals surface area contributed by atoms with E-state index in [0.29, 0.717) is 32.1 Å². The molecule has 1 N–H and O–H groups in total. The third-order valence-electron chi connectivity index (χ3n) is 7.14. The van der Waals surface area contributed by atoms with Crippen LogP contribution < -0.4 is 0 Å². The van der Waals surface area contributed by atoms with Crippen LogP contribution >= 0.6 is 0 Å². The Balaban J connectivity index is 2.35. The van der Waals surface area contributed by atoms with Gasteiger partial charge in [-0.25, -0.2) is 13.6 Å². The molecule has 0 aliphatic heterocycles. The van der Waals surface area contributed by atoms with Gasteiger partial charge in [-0.3, -0.25) is 4.79 Å². The number of halogens is 2. The molecule has 0 radical (unpaired) electrons. The lowest BCUT2D eigenvalue weighted by Gasteiger charge is -2.47. The summed E-state index contributed by atoms with van der Waals surface area (Å²) in [5, 5.41) is 11.1. The van der Waals surface area contributed by atoms with Crippen LogP contribution in [0.5, 0.6) is 0 Å². The van der Waals surface area contributed by atoms with Crippen molar-refractivity contribution >= 4 is 11.8 Å². The Hall–Kier alpha value is -1.04. The van der Waals surface area contributed by atoms with Crippen molar-refractivity contribution in [2.75, 3.05) is 6.61 Å². The van der Waals surface area contributed by atoms with E-state index in [1.165, 1.54) is 0 Å². The summed E-state index contributed by atoms with van der Waals surface area (Å²) in [6, 6.07) is 0. The zero-order valence-corrected chi connectivity index (χ0v) is 18.1. The molecule has 0 amide bonds. The summed E-state index contributed by atoms with van der Waals surface area (Å²) in [5.74, 6) is -5.86. The van der Waals surface area contributed by atoms with Crippen LogP contribution in [0.4, 0.5) is 8.78 Å². The molecule has 0 spiro atoms. The SMILES string of the molecule is CCCCCCCC[C@@]12CCC(=O)[C@@H]1CCCCCC(O)(C(=O)OCC)C2(F)F.